The van der Waals surface area contributed by atoms with E-state index in [1.165, 1.54) is 7.11 Å². The molecule has 0 radical (unpaired) electrons. The molecule has 1 saturated carbocycles. The van der Waals surface area contributed by atoms with Crippen molar-refractivity contribution in [3.05, 3.63) is 99.3 Å². The van der Waals surface area contributed by atoms with Crippen LogP contribution >= 0.6 is 23.2 Å². The Bertz CT molecular complexity index is 1880. The molecule has 49 heavy (non-hydrogen) atoms. The number of aromatic nitrogens is 2. The number of nitrogens with zero attached hydrogens (tertiary/aromatic N) is 3. The summed E-state index contributed by atoms with van der Waals surface area (Å²) in [4.78, 5) is 40.2. The van der Waals surface area contributed by atoms with Crippen LogP contribution in [0.3, 0.4) is 0 Å². The predicted molar refractivity (Wildman–Crippen MR) is 188 cm³/mol. The fourth-order valence-corrected chi connectivity index (χ4v) is 6.71. The fraction of sp³-hybridized carbons (Fsp3) is 0.351. The maximum atomic E-state index is 13.3. The molecule has 1 fully saturated rings. The van der Waals surface area contributed by atoms with E-state index in [0.29, 0.717) is 64.7 Å². The minimum Gasteiger partial charge on any atom is -0.490 e. The lowest BCUT2D eigenvalue weighted by Gasteiger charge is -2.29. The van der Waals surface area contributed by atoms with Gasteiger partial charge in [0.2, 0.25) is 0 Å². The Balaban J connectivity index is 1.14. The van der Waals surface area contributed by atoms with Gasteiger partial charge in [0.15, 0.2) is 0 Å². The number of halogens is 2. The first-order valence-corrected chi connectivity index (χ1v) is 17.1. The number of carbonyl (C=O) groups excluding carboxylic acids is 3. The Labute approximate surface area is 295 Å². The summed E-state index contributed by atoms with van der Waals surface area (Å²) in [5, 5.41) is 8.49. The number of ether oxygens (including phenoxy) is 3. The molecule has 256 valence electrons. The summed E-state index contributed by atoms with van der Waals surface area (Å²) in [6, 6.07) is 15.7. The number of methoxy groups -OCH3 is 1. The van der Waals surface area contributed by atoms with E-state index in [0.717, 1.165) is 34.4 Å². The second kappa shape index (κ2) is 14.9. The molecule has 1 aromatic heterocycles. The monoisotopic (exact) mass is 704 g/mol. The van der Waals surface area contributed by atoms with Crippen LogP contribution in [-0.2, 0) is 20.8 Å². The molecule has 0 saturated heterocycles. The van der Waals surface area contributed by atoms with Crippen LogP contribution in [0.15, 0.2) is 67.0 Å². The molecule has 0 spiro atoms. The van der Waals surface area contributed by atoms with Crippen molar-refractivity contribution in [2.45, 2.75) is 51.6 Å². The summed E-state index contributed by atoms with van der Waals surface area (Å²) >= 11 is 12.7. The van der Waals surface area contributed by atoms with Crippen molar-refractivity contribution in [2.24, 2.45) is 5.92 Å². The maximum Gasteiger partial charge on any atom is 0.414 e. The van der Waals surface area contributed by atoms with Gasteiger partial charge in [-0.15, -0.1) is 0 Å². The average Bonchev–Trinajstić information content (AvgIpc) is 3.75. The van der Waals surface area contributed by atoms with Crippen LogP contribution in [-0.4, -0.2) is 60.7 Å². The zero-order valence-corrected chi connectivity index (χ0v) is 29.1. The van der Waals surface area contributed by atoms with E-state index in [2.05, 4.69) is 16.5 Å². The average molecular weight is 706 g/mol. The highest BCUT2D eigenvalue weighted by atomic mass is 35.5. The molecule has 2 amide bonds. The highest BCUT2D eigenvalue weighted by Gasteiger charge is 2.48. The van der Waals surface area contributed by atoms with Gasteiger partial charge in [-0.25, -0.2) is 9.59 Å². The van der Waals surface area contributed by atoms with E-state index in [4.69, 9.17) is 37.4 Å². The first-order valence-electron chi connectivity index (χ1n) is 16.3. The van der Waals surface area contributed by atoms with Gasteiger partial charge >= 0.3 is 12.1 Å². The molecule has 0 unspecified atom stereocenters. The molecule has 0 bridgehead atoms. The van der Waals surface area contributed by atoms with Gasteiger partial charge < -0.3 is 19.5 Å². The summed E-state index contributed by atoms with van der Waals surface area (Å²) < 4.78 is 18.1. The second-order valence-corrected chi connectivity index (χ2v) is 13.2. The minimum absolute atomic E-state index is 0.104. The third kappa shape index (κ3) is 7.55. The van der Waals surface area contributed by atoms with Gasteiger partial charge in [-0.05, 0) is 84.7 Å². The summed E-state index contributed by atoms with van der Waals surface area (Å²) in [5.74, 6) is 0.521. The SMILES string of the molecule is CCC[C@@H](NC(=O)c1ccc(Cl)c(Cn2cc(-c3cccc4c3[C@H]3C[C@H]3CN4C(=O)OCCOc3cccc(Cl)c3C)cn2)c1)C(=O)OC. The van der Waals surface area contributed by atoms with Crippen molar-refractivity contribution in [2.75, 3.05) is 31.8 Å². The lowest BCUT2D eigenvalue weighted by Crippen LogP contribution is -2.41. The zero-order valence-electron chi connectivity index (χ0n) is 27.6. The highest BCUT2D eigenvalue weighted by molar-refractivity contribution is 6.31. The third-order valence-corrected chi connectivity index (χ3v) is 9.82. The van der Waals surface area contributed by atoms with E-state index in [1.807, 2.05) is 44.3 Å². The van der Waals surface area contributed by atoms with Crippen molar-refractivity contribution < 1.29 is 28.6 Å². The minimum atomic E-state index is -0.728. The van der Waals surface area contributed by atoms with Crippen molar-refractivity contribution in [1.82, 2.24) is 15.1 Å². The van der Waals surface area contributed by atoms with Crippen LogP contribution in [0, 0.1) is 12.8 Å². The predicted octanol–water partition coefficient (Wildman–Crippen LogP) is 7.42. The number of rotatable bonds is 12. The standard InChI is InChI=1S/C37H38Cl2N4O6/c1-4-7-31(36(45)47-3)41-35(44)23-12-13-30(39)25(16-23)19-42-20-26(18-40-42)27-8-5-10-32-34(27)28-17-24(28)21-43(32)37(46)49-15-14-48-33-11-6-9-29(38)22(33)2/h5-6,8-13,16,18,20,24,28,31H,4,7,14-15,17,19,21H2,1-3H3,(H,41,44)/t24-,28-,31+/m0/s1. The van der Waals surface area contributed by atoms with E-state index in [-0.39, 0.29) is 19.1 Å². The van der Waals surface area contributed by atoms with E-state index in [9.17, 15) is 14.4 Å². The normalized spacial score (nSPS) is 16.6. The number of esters is 1. The zero-order chi connectivity index (χ0) is 34.7. The second-order valence-electron chi connectivity index (χ2n) is 12.3. The van der Waals surface area contributed by atoms with Gasteiger partial charge in [0.1, 0.15) is 25.0 Å². The van der Waals surface area contributed by atoms with E-state index < -0.39 is 18.1 Å². The van der Waals surface area contributed by atoms with Gasteiger partial charge in [0.25, 0.3) is 5.91 Å². The Morgan fingerprint density at radius 3 is 2.67 bits per heavy atom. The lowest BCUT2D eigenvalue weighted by molar-refractivity contribution is -0.143. The van der Waals surface area contributed by atoms with Crippen molar-refractivity contribution in [3.63, 3.8) is 0 Å². The molecule has 6 rings (SSSR count). The number of carbonyl (C=O) groups is 3. The molecule has 1 N–H and O–H groups in total. The Hall–Kier alpha value is -4.54. The number of fused-ring (bicyclic) bond motifs is 3. The quantitative estimate of drug-likeness (QED) is 0.121. The fourth-order valence-electron chi connectivity index (χ4n) is 6.36. The molecule has 1 aliphatic heterocycles. The van der Waals surface area contributed by atoms with Crippen LogP contribution in [0.25, 0.3) is 11.1 Å². The van der Waals surface area contributed by atoms with Crippen LogP contribution in [0.1, 0.15) is 59.2 Å². The molecule has 2 heterocycles. The molecular weight excluding hydrogens is 667 g/mol. The lowest BCUT2D eigenvalue weighted by atomic mass is 9.93. The van der Waals surface area contributed by atoms with Crippen molar-refractivity contribution in [3.8, 4) is 16.9 Å². The van der Waals surface area contributed by atoms with E-state index in [1.54, 1.807) is 40.0 Å². The summed E-state index contributed by atoms with van der Waals surface area (Å²) in [5.41, 5.74) is 5.81. The molecule has 3 aromatic carbocycles. The number of hydrogen-bond acceptors (Lipinski definition) is 7. The Morgan fingerprint density at radius 1 is 1.06 bits per heavy atom. The van der Waals surface area contributed by atoms with Crippen molar-refractivity contribution >= 4 is 46.9 Å². The van der Waals surface area contributed by atoms with Crippen molar-refractivity contribution in [1.29, 1.82) is 0 Å². The first-order chi connectivity index (χ1) is 23.7. The largest absolute Gasteiger partial charge is 0.490 e. The van der Waals surface area contributed by atoms with Gasteiger partial charge in [-0.2, -0.15) is 5.10 Å². The van der Waals surface area contributed by atoms with Crippen LogP contribution < -0.4 is 15.0 Å². The van der Waals surface area contributed by atoms with E-state index >= 15 is 0 Å². The van der Waals surface area contributed by atoms with Crippen LogP contribution in [0.2, 0.25) is 10.0 Å². The summed E-state index contributed by atoms with van der Waals surface area (Å²) in [7, 11) is 1.30. The maximum absolute atomic E-state index is 13.3. The molecule has 4 aromatic rings. The van der Waals surface area contributed by atoms with Crippen LogP contribution in [0.5, 0.6) is 5.75 Å². The van der Waals surface area contributed by atoms with Gasteiger partial charge in [-0.1, -0.05) is 54.7 Å². The molecule has 3 atom stereocenters. The molecular formula is C37H38Cl2N4O6. The van der Waals surface area contributed by atoms with Gasteiger partial charge in [-0.3, -0.25) is 14.4 Å². The summed E-state index contributed by atoms with van der Waals surface area (Å²) in [6.45, 7) is 5.06. The molecule has 1 aliphatic carbocycles. The smallest absolute Gasteiger partial charge is 0.414 e. The summed E-state index contributed by atoms with van der Waals surface area (Å²) in [6.07, 6.45) is 5.52. The number of anilines is 1. The first kappa shape index (κ1) is 34.3. The third-order valence-electron chi connectivity index (χ3n) is 9.04. The molecule has 12 heteroatoms. The number of hydrogen-bond donors (Lipinski definition) is 1. The molecule has 2 aliphatic rings. The Kier molecular flexibility index (Phi) is 10.5. The number of benzene rings is 3. The Morgan fingerprint density at radius 2 is 1.88 bits per heavy atom. The number of amides is 2. The van der Waals surface area contributed by atoms with Gasteiger partial charge in [0, 0.05) is 39.5 Å². The highest BCUT2D eigenvalue weighted by Crippen LogP contribution is 2.57. The van der Waals surface area contributed by atoms with Crippen LogP contribution in [0.4, 0.5) is 10.5 Å². The van der Waals surface area contributed by atoms with Gasteiger partial charge in [0.05, 0.1) is 25.5 Å². The molecule has 10 nitrogen and oxygen atoms in total. The topological polar surface area (TPSA) is 112 Å². The number of nitrogens with one attached hydrogen (secondary N) is 1.